The Morgan fingerprint density at radius 1 is 0.500 bits per heavy atom. The fourth-order valence-electron chi connectivity index (χ4n) is 4.77. The standard InChI is InChI=1S/C32H42P.HI/c1-2-3-4-5-6-7-8-9-10-11-12-22-29-33(30-23-16-13-17-24-30,31-25-18-14-19-26-31)32-27-20-15-21-28-32;/h8-9,13-21,23-28H,2-7,10-12,22,29H2,1H3;1H/q+1;/p-1/b9-8-;. The average molecular weight is 585 g/mol. The quantitative estimate of drug-likeness (QED) is 0.0964. The lowest BCUT2D eigenvalue weighted by atomic mass is 10.1. The van der Waals surface area contributed by atoms with E-state index in [1.165, 1.54) is 86.3 Å². The number of hydrogen-bond donors (Lipinski definition) is 0. The summed E-state index contributed by atoms with van der Waals surface area (Å²) >= 11 is 0. The first kappa shape index (κ1) is 28.8. The molecule has 3 aromatic rings. The first-order valence-corrected chi connectivity index (χ1v) is 15.1. The summed E-state index contributed by atoms with van der Waals surface area (Å²) < 4.78 is 0. The van der Waals surface area contributed by atoms with E-state index in [4.69, 9.17) is 0 Å². The van der Waals surface area contributed by atoms with Gasteiger partial charge in [0.05, 0.1) is 6.16 Å². The maximum Gasteiger partial charge on any atom is 0.112 e. The summed E-state index contributed by atoms with van der Waals surface area (Å²) in [5.74, 6) is 0. The monoisotopic (exact) mass is 584 g/mol. The Bertz CT molecular complexity index is 809. The Morgan fingerprint density at radius 3 is 1.29 bits per heavy atom. The van der Waals surface area contributed by atoms with Gasteiger partial charge < -0.3 is 24.0 Å². The minimum Gasteiger partial charge on any atom is -1.00 e. The third-order valence-corrected chi connectivity index (χ3v) is 11.1. The van der Waals surface area contributed by atoms with Crippen molar-refractivity contribution in [3.8, 4) is 0 Å². The van der Waals surface area contributed by atoms with Crippen molar-refractivity contribution in [2.24, 2.45) is 0 Å². The van der Waals surface area contributed by atoms with Crippen molar-refractivity contribution in [2.45, 2.75) is 71.1 Å². The van der Waals surface area contributed by atoms with Gasteiger partial charge in [-0.3, -0.25) is 0 Å². The molecule has 0 aliphatic heterocycles. The van der Waals surface area contributed by atoms with Crippen molar-refractivity contribution in [3.05, 3.63) is 103 Å². The number of halogens is 1. The summed E-state index contributed by atoms with van der Waals surface area (Å²) in [7, 11) is -1.65. The van der Waals surface area contributed by atoms with Crippen LogP contribution in [0.15, 0.2) is 103 Å². The summed E-state index contributed by atoms with van der Waals surface area (Å²) in [6.07, 6.45) is 19.3. The molecule has 3 rings (SSSR count). The van der Waals surface area contributed by atoms with Gasteiger partial charge in [0.15, 0.2) is 0 Å². The topological polar surface area (TPSA) is 0 Å². The van der Waals surface area contributed by atoms with E-state index in [9.17, 15) is 0 Å². The second-order valence-corrected chi connectivity index (χ2v) is 12.7. The SMILES string of the molecule is CCCCCCC/C=C\CCCCC[P+](c1ccccc1)(c1ccccc1)c1ccccc1.[I-]. The van der Waals surface area contributed by atoms with Gasteiger partial charge in [-0.25, -0.2) is 0 Å². The fourth-order valence-corrected chi connectivity index (χ4v) is 9.18. The number of unbranched alkanes of at least 4 members (excludes halogenated alkanes) is 8. The molecular formula is C32H42IP. The summed E-state index contributed by atoms with van der Waals surface area (Å²) in [5, 5.41) is 4.51. The first-order chi connectivity index (χ1) is 16.4. The molecule has 0 aliphatic carbocycles. The fraction of sp³-hybridized carbons (Fsp3) is 0.375. The van der Waals surface area contributed by atoms with Gasteiger partial charge in [0.25, 0.3) is 0 Å². The molecule has 0 nitrogen and oxygen atoms in total. The van der Waals surface area contributed by atoms with E-state index >= 15 is 0 Å². The van der Waals surface area contributed by atoms with Crippen LogP contribution in [0.3, 0.4) is 0 Å². The van der Waals surface area contributed by atoms with Crippen LogP contribution in [0.2, 0.25) is 0 Å². The van der Waals surface area contributed by atoms with Crippen LogP contribution in [0.4, 0.5) is 0 Å². The van der Waals surface area contributed by atoms with Crippen molar-refractivity contribution in [1.29, 1.82) is 0 Å². The lowest BCUT2D eigenvalue weighted by molar-refractivity contribution is -0.00000669. The van der Waals surface area contributed by atoms with Crippen LogP contribution in [0, 0.1) is 0 Å². The Balaban J connectivity index is 0.00000408. The highest BCUT2D eigenvalue weighted by Crippen LogP contribution is 2.55. The summed E-state index contributed by atoms with van der Waals surface area (Å²) in [5.41, 5.74) is 0. The molecule has 0 saturated heterocycles. The predicted octanol–water partition coefficient (Wildman–Crippen LogP) is 5.46. The summed E-state index contributed by atoms with van der Waals surface area (Å²) in [6, 6.07) is 33.8. The molecule has 2 heteroatoms. The molecule has 182 valence electrons. The number of hydrogen-bond acceptors (Lipinski definition) is 0. The van der Waals surface area contributed by atoms with Crippen LogP contribution in [-0.4, -0.2) is 6.16 Å². The molecule has 0 unspecified atom stereocenters. The number of benzene rings is 3. The zero-order valence-electron chi connectivity index (χ0n) is 20.9. The molecule has 0 heterocycles. The van der Waals surface area contributed by atoms with E-state index in [1.807, 2.05) is 0 Å². The van der Waals surface area contributed by atoms with E-state index in [1.54, 1.807) is 0 Å². The molecule has 3 aromatic carbocycles. The maximum atomic E-state index is 2.42. The smallest absolute Gasteiger partial charge is 0.112 e. The highest BCUT2D eigenvalue weighted by Gasteiger charge is 2.44. The lowest BCUT2D eigenvalue weighted by Crippen LogP contribution is -3.00. The predicted molar refractivity (Wildman–Crippen MR) is 151 cm³/mol. The zero-order valence-corrected chi connectivity index (χ0v) is 24.0. The van der Waals surface area contributed by atoms with Crippen molar-refractivity contribution in [3.63, 3.8) is 0 Å². The van der Waals surface area contributed by atoms with Gasteiger partial charge in [-0.05, 0) is 74.9 Å². The van der Waals surface area contributed by atoms with Gasteiger partial charge in [0, 0.05) is 0 Å². The molecule has 0 N–H and O–H groups in total. The van der Waals surface area contributed by atoms with Gasteiger partial charge in [0.2, 0.25) is 0 Å². The third-order valence-electron chi connectivity index (χ3n) is 6.60. The number of rotatable bonds is 15. The van der Waals surface area contributed by atoms with Crippen LogP contribution in [0.5, 0.6) is 0 Å². The molecule has 0 bridgehead atoms. The molecule has 0 radical (unpaired) electrons. The molecule has 0 atom stereocenters. The average Bonchev–Trinajstić information content (AvgIpc) is 2.89. The van der Waals surface area contributed by atoms with Crippen LogP contribution in [0.25, 0.3) is 0 Å². The highest BCUT2D eigenvalue weighted by atomic mass is 127. The van der Waals surface area contributed by atoms with Gasteiger partial charge in [0.1, 0.15) is 23.2 Å². The van der Waals surface area contributed by atoms with Crippen LogP contribution >= 0.6 is 7.26 Å². The van der Waals surface area contributed by atoms with Gasteiger partial charge in [-0.2, -0.15) is 0 Å². The summed E-state index contributed by atoms with van der Waals surface area (Å²) in [4.78, 5) is 0. The molecule has 0 aliphatic rings. The Kier molecular flexibility index (Phi) is 14.5. The first-order valence-electron chi connectivity index (χ1n) is 13.1. The molecule has 0 amide bonds. The minimum absolute atomic E-state index is 0. The molecule has 34 heavy (non-hydrogen) atoms. The Labute approximate surface area is 226 Å². The van der Waals surface area contributed by atoms with Crippen molar-refractivity contribution < 1.29 is 24.0 Å². The van der Waals surface area contributed by atoms with Gasteiger partial charge >= 0.3 is 0 Å². The molecule has 0 aromatic heterocycles. The van der Waals surface area contributed by atoms with E-state index in [2.05, 4.69) is 110 Å². The highest BCUT2D eigenvalue weighted by molar-refractivity contribution is 7.95. The van der Waals surface area contributed by atoms with Crippen LogP contribution < -0.4 is 39.9 Å². The number of allylic oxidation sites excluding steroid dienone is 2. The summed E-state index contributed by atoms with van der Waals surface area (Å²) in [6.45, 7) is 2.28. The second kappa shape index (κ2) is 17.1. The second-order valence-electron chi connectivity index (χ2n) is 9.06. The molecule has 0 spiro atoms. The molecule has 0 saturated carbocycles. The molecule has 0 fully saturated rings. The minimum atomic E-state index is -1.65. The maximum absolute atomic E-state index is 2.42. The Morgan fingerprint density at radius 2 is 0.882 bits per heavy atom. The van der Waals surface area contributed by atoms with Crippen molar-refractivity contribution in [2.75, 3.05) is 6.16 Å². The Hall–Kier alpha value is -1.44. The van der Waals surface area contributed by atoms with Crippen LogP contribution in [-0.2, 0) is 0 Å². The van der Waals surface area contributed by atoms with E-state index in [0.29, 0.717) is 0 Å². The van der Waals surface area contributed by atoms with Gasteiger partial charge in [-0.15, -0.1) is 0 Å². The third kappa shape index (κ3) is 8.65. The van der Waals surface area contributed by atoms with Gasteiger partial charge in [-0.1, -0.05) is 99.4 Å². The normalized spacial score (nSPS) is 11.4. The largest absolute Gasteiger partial charge is 1.00 e. The lowest BCUT2D eigenvalue weighted by Gasteiger charge is -2.27. The van der Waals surface area contributed by atoms with E-state index < -0.39 is 7.26 Å². The van der Waals surface area contributed by atoms with E-state index in [-0.39, 0.29) is 24.0 Å². The van der Waals surface area contributed by atoms with Crippen LogP contribution in [0.1, 0.15) is 71.1 Å². The molecular weight excluding hydrogens is 542 g/mol. The van der Waals surface area contributed by atoms with Crippen molar-refractivity contribution >= 4 is 23.2 Å². The van der Waals surface area contributed by atoms with E-state index in [0.717, 1.165) is 0 Å². The zero-order chi connectivity index (χ0) is 23.0. The van der Waals surface area contributed by atoms with Crippen molar-refractivity contribution in [1.82, 2.24) is 0 Å².